The number of pyridine rings is 1. The van der Waals surface area contributed by atoms with Gasteiger partial charge in [-0.3, -0.25) is 0 Å². The van der Waals surface area contributed by atoms with Crippen LogP contribution in [0.25, 0.3) is 11.3 Å². The zero-order valence-corrected chi connectivity index (χ0v) is 11.4. The van der Waals surface area contributed by atoms with Gasteiger partial charge in [0.25, 0.3) is 0 Å². The van der Waals surface area contributed by atoms with Crippen LogP contribution in [0.2, 0.25) is 5.02 Å². The molecule has 0 fully saturated rings. The lowest BCUT2D eigenvalue weighted by atomic mass is 10.1. The van der Waals surface area contributed by atoms with E-state index in [1.54, 1.807) is 24.3 Å². The first-order valence-electron chi connectivity index (χ1n) is 6.09. The topological polar surface area (TPSA) is 65.2 Å². The van der Waals surface area contributed by atoms with E-state index in [0.717, 1.165) is 17.0 Å². The molecule has 1 aromatic heterocycles. The highest BCUT2D eigenvalue weighted by atomic mass is 35.5. The maximum absolute atomic E-state index is 11.9. The first-order valence-corrected chi connectivity index (χ1v) is 6.46. The van der Waals surface area contributed by atoms with Crippen molar-refractivity contribution < 1.29 is 0 Å². The molecule has 0 aliphatic carbocycles. The Bertz CT molecular complexity index is 574. The van der Waals surface area contributed by atoms with Gasteiger partial charge >= 0.3 is 0 Å². The molecule has 4 nitrogen and oxygen atoms in total. The van der Waals surface area contributed by atoms with Crippen molar-refractivity contribution in [3.63, 3.8) is 0 Å². The van der Waals surface area contributed by atoms with E-state index in [0.29, 0.717) is 22.9 Å². The quantitative estimate of drug-likeness (QED) is 0.865. The molecule has 0 atom stereocenters. The van der Waals surface area contributed by atoms with Crippen molar-refractivity contribution in [3.8, 4) is 11.3 Å². The van der Waals surface area contributed by atoms with Crippen LogP contribution in [0.4, 0.5) is 11.5 Å². The number of halogens is 1. The van der Waals surface area contributed by atoms with E-state index in [4.69, 9.17) is 17.3 Å². The lowest BCUT2D eigenvalue weighted by Crippen LogP contribution is -2.18. The molecule has 0 saturated carbocycles. The first kappa shape index (κ1) is 13.6. The van der Waals surface area contributed by atoms with Gasteiger partial charge in [-0.25, -0.2) is 4.98 Å². The van der Waals surface area contributed by atoms with Gasteiger partial charge in [-0.1, -0.05) is 30.7 Å². The maximum Gasteiger partial charge on any atom is 0.141 e. The third-order valence-corrected chi connectivity index (χ3v) is 2.92. The molecule has 100 valence electrons. The molecule has 0 saturated heterocycles. The Balaban J connectivity index is 2.41. The van der Waals surface area contributed by atoms with Gasteiger partial charge in [0, 0.05) is 17.1 Å². The summed E-state index contributed by atoms with van der Waals surface area (Å²) in [6.45, 7) is 2.30. The summed E-state index contributed by atoms with van der Waals surface area (Å²) in [4.78, 5) is 4.33. The molecule has 0 aliphatic rings. The fraction of sp³-hybridized carbons (Fsp3) is 0.214. The Morgan fingerprint density at radius 3 is 2.79 bits per heavy atom. The minimum atomic E-state index is 0.263. The summed E-state index contributed by atoms with van der Waals surface area (Å²) >= 11 is 5.95. The van der Waals surface area contributed by atoms with Crippen molar-refractivity contribution in [2.24, 2.45) is 0 Å². The molecular weight excluding hydrogens is 262 g/mol. The Morgan fingerprint density at radius 2 is 2.11 bits per heavy atom. The summed E-state index contributed by atoms with van der Waals surface area (Å²) in [5.74, 6) is 0.263. The molecule has 1 aromatic carbocycles. The summed E-state index contributed by atoms with van der Waals surface area (Å²) < 4.78 is 0. The summed E-state index contributed by atoms with van der Waals surface area (Å²) in [7, 11) is 0. The molecule has 0 unspecified atom stereocenters. The maximum atomic E-state index is 11.9. The van der Waals surface area contributed by atoms with E-state index >= 15 is 0 Å². The number of anilines is 2. The Hall–Kier alpha value is -1.78. The molecular formula is C14H15ClN3O-. The second-order valence-electron chi connectivity index (χ2n) is 4.22. The summed E-state index contributed by atoms with van der Waals surface area (Å²) in [6, 6.07) is 10.8. The highest BCUT2D eigenvalue weighted by molar-refractivity contribution is 6.30. The van der Waals surface area contributed by atoms with Crippen molar-refractivity contribution >= 4 is 23.1 Å². The van der Waals surface area contributed by atoms with Crippen LogP contribution in [-0.2, 0) is 0 Å². The summed E-state index contributed by atoms with van der Waals surface area (Å²) in [5.41, 5.74) is 7.73. The molecule has 0 spiro atoms. The second-order valence-corrected chi connectivity index (χ2v) is 4.66. The van der Waals surface area contributed by atoms with Crippen LogP contribution in [0.5, 0.6) is 0 Å². The van der Waals surface area contributed by atoms with Crippen molar-refractivity contribution in [3.05, 3.63) is 46.6 Å². The molecule has 0 amide bonds. The number of nitrogens with two attached hydrogens (primary N) is 1. The average Bonchev–Trinajstić information content (AvgIpc) is 2.39. The zero-order valence-electron chi connectivity index (χ0n) is 10.6. The standard InChI is InChI=1S/C14H15ClN3O/c1-2-8-18(19)14-12(16)6-7-13(17-14)10-4-3-5-11(15)9-10/h3-7,9H,2,8,16H2,1H3/q-1. The fourth-order valence-corrected chi connectivity index (χ4v) is 1.97. The Labute approximate surface area is 117 Å². The number of nitrogens with zero attached hydrogens (tertiary/aromatic N) is 2. The van der Waals surface area contributed by atoms with Gasteiger partial charge in [0.1, 0.15) is 5.82 Å². The number of aromatic nitrogens is 1. The van der Waals surface area contributed by atoms with E-state index in [1.165, 1.54) is 0 Å². The van der Waals surface area contributed by atoms with Crippen LogP contribution in [0.1, 0.15) is 13.3 Å². The number of nitrogen functional groups attached to an aromatic ring is 1. The zero-order chi connectivity index (χ0) is 13.8. The number of hydrogen-bond acceptors (Lipinski definition) is 4. The van der Waals surface area contributed by atoms with E-state index < -0.39 is 0 Å². The van der Waals surface area contributed by atoms with E-state index in [2.05, 4.69) is 4.98 Å². The monoisotopic (exact) mass is 276 g/mol. The SMILES string of the molecule is CCCN([O-])c1nc(-c2cccc(Cl)c2)ccc1N. The largest absolute Gasteiger partial charge is 0.757 e. The van der Waals surface area contributed by atoms with Crippen LogP contribution in [0, 0.1) is 5.21 Å². The van der Waals surface area contributed by atoms with Crippen molar-refractivity contribution in [1.29, 1.82) is 0 Å². The second kappa shape index (κ2) is 5.91. The number of rotatable bonds is 4. The minimum Gasteiger partial charge on any atom is -0.757 e. The fourth-order valence-electron chi connectivity index (χ4n) is 1.78. The van der Waals surface area contributed by atoms with Crippen LogP contribution in [0.15, 0.2) is 36.4 Å². The number of hydroxylamine groups is 1. The molecule has 2 N–H and O–H groups in total. The lowest BCUT2D eigenvalue weighted by molar-refractivity contribution is 0.871. The third kappa shape index (κ3) is 3.16. The van der Waals surface area contributed by atoms with Crippen molar-refractivity contribution in [1.82, 2.24) is 4.98 Å². The molecule has 1 heterocycles. The predicted molar refractivity (Wildman–Crippen MR) is 80.1 cm³/mol. The Morgan fingerprint density at radius 1 is 1.32 bits per heavy atom. The summed E-state index contributed by atoms with van der Waals surface area (Å²) in [5, 5.41) is 13.3. The van der Waals surface area contributed by atoms with Crippen molar-refractivity contribution in [2.75, 3.05) is 17.3 Å². The van der Waals surface area contributed by atoms with Gasteiger partial charge < -0.3 is 16.0 Å². The van der Waals surface area contributed by atoms with Crippen molar-refractivity contribution in [2.45, 2.75) is 13.3 Å². The highest BCUT2D eigenvalue weighted by Gasteiger charge is 2.06. The highest BCUT2D eigenvalue weighted by Crippen LogP contribution is 2.27. The van der Waals surface area contributed by atoms with Crippen LogP contribution in [0.3, 0.4) is 0 Å². The van der Waals surface area contributed by atoms with E-state index in [-0.39, 0.29) is 5.82 Å². The van der Waals surface area contributed by atoms with E-state index in [1.807, 2.05) is 19.1 Å². The lowest BCUT2D eigenvalue weighted by Gasteiger charge is -2.30. The average molecular weight is 277 g/mol. The Kier molecular flexibility index (Phi) is 4.24. The van der Waals surface area contributed by atoms with Gasteiger partial charge in [0.2, 0.25) is 0 Å². The van der Waals surface area contributed by atoms with Gasteiger partial charge in [-0.2, -0.15) is 0 Å². The first-order chi connectivity index (χ1) is 9.11. The van der Waals surface area contributed by atoms with Gasteiger partial charge in [0.05, 0.1) is 11.4 Å². The predicted octanol–water partition coefficient (Wildman–Crippen LogP) is 3.70. The van der Waals surface area contributed by atoms with Gasteiger partial charge in [-0.05, 0) is 30.7 Å². The minimum absolute atomic E-state index is 0.263. The molecule has 0 radical (unpaired) electrons. The molecule has 2 rings (SSSR count). The van der Waals surface area contributed by atoms with Crippen LogP contribution >= 0.6 is 11.6 Å². The molecule has 19 heavy (non-hydrogen) atoms. The smallest absolute Gasteiger partial charge is 0.141 e. The number of hydrogen-bond donors (Lipinski definition) is 1. The van der Waals surface area contributed by atoms with Crippen LogP contribution in [-0.4, -0.2) is 11.5 Å². The molecule has 2 aromatic rings. The molecule has 0 aliphatic heterocycles. The summed E-state index contributed by atoms with van der Waals surface area (Å²) in [6.07, 6.45) is 0.742. The van der Waals surface area contributed by atoms with Gasteiger partial charge in [-0.15, -0.1) is 0 Å². The van der Waals surface area contributed by atoms with Gasteiger partial charge in [0.15, 0.2) is 0 Å². The van der Waals surface area contributed by atoms with Crippen LogP contribution < -0.4 is 10.8 Å². The number of benzene rings is 1. The molecule has 0 bridgehead atoms. The molecule has 5 heteroatoms. The normalized spacial score (nSPS) is 10.5. The third-order valence-electron chi connectivity index (χ3n) is 2.69. The van der Waals surface area contributed by atoms with E-state index in [9.17, 15) is 5.21 Å².